The zero-order valence-electron chi connectivity index (χ0n) is 17.0. The van der Waals surface area contributed by atoms with Crippen molar-refractivity contribution >= 4 is 61.6 Å². The first-order valence-corrected chi connectivity index (χ1v) is 10.7. The number of aryl methyl sites for hydroxylation is 1. The number of benzene rings is 3. The number of thiocarbonyl (C=S) groups is 1. The number of oxazole rings is 1. The Hall–Kier alpha value is -3.83. The molecule has 166 valence electrons. The van der Waals surface area contributed by atoms with E-state index in [2.05, 4.69) is 31.5 Å². The van der Waals surface area contributed by atoms with Crippen molar-refractivity contribution in [2.75, 3.05) is 5.32 Å². The largest absolute Gasteiger partial charge is 0.507 e. The van der Waals surface area contributed by atoms with E-state index < -0.39 is 10.8 Å². The highest BCUT2D eigenvalue weighted by molar-refractivity contribution is 9.10. The lowest BCUT2D eigenvalue weighted by molar-refractivity contribution is -0.385. The number of phenols is 1. The van der Waals surface area contributed by atoms with E-state index in [9.17, 15) is 20.0 Å². The van der Waals surface area contributed by atoms with E-state index in [1.54, 1.807) is 37.3 Å². The first-order chi connectivity index (χ1) is 15.7. The van der Waals surface area contributed by atoms with E-state index in [0.717, 1.165) is 0 Å². The van der Waals surface area contributed by atoms with Crippen molar-refractivity contribution in [3.05, 3.63) is 80.3 Å². The van der Waals surface area contributed by atoms with Crippen LogP contribution in [0.5, 0.6) is 5.75 Å². The van der Waals surface area contributed by atoms with Gasteiger partial charge in [-0.05, 0) is 83.6 Å². The monoisotopic (exact) mass is 526 g/mol. The summed E-state index contributed by atoms with van der Waals surface area (Å²) < 4.78 is 6.30. The van der Waals surface area contributed by atoms with Crippen LogP contribution >= 0.6 is 28.1 Å². The lowest BCUT2D eigenvalue weighted by Crippen LogP contribution is -2.34. The summed E-state index contributed by atoms with van der Waals surface area (Å²) in [6.07, 6.45) is 0. The smallest absolute Gasteiger partial charge is 0.272 e. The second-order valence-electron chi connectivity index (χ2n) is 7.03. The Balaban J connectivity index is 1.47. The molecule has 0 atom stereocenters. The van der Waals surface area contributed by atoms with Gasteiger partial charge in [0.05, 0.1) is 9.40 Å². The highest BCUT2D eigenvalue weighted by Gasteiger charge is 2.15. The van der Waals surface area contributed by atoms with Gasteiger partial charge < -0.3 is 14.8 Å². The first kappa shape index (κ1) is 22.4. The summed E-state index contributed by atoms with van der Waals surface area (Å²) >= 11 is 8.49. The lowest BCUT2D eigenvalue weighted by atomic mass is 10.1. The summed E-state index contributed by atoms with van der Waals surface area (Å²) in [7, 11) is 0. The van der Waals surface area contributed by atoms with Crippen molar-refractivity contribution in [2.45, 2.75) is 6.92 Å². The topological polar surface area (TPSA) is 131 Å². The van der Waals surface area contributed by atoms with E-state index in [0.29, 0.717) is 38.3 Å². The number of rotatable bonds is 4. The molecule has 9 nitrogen and oxygen atoms in total. The Morgan fingerprint density at radius 2 is 1.97 bits per heavy atom. The summed E-state index contributed by atoms with van der Waals surface area (Å²) in [5.41, 5.74) is 2.95. The number of nitro benzene ring substituents is 1. The number of nitrogens with zero attached hydrogens (tertiary/aromatic N) is 2. The van der Waals surface area contributed by atoms with Crippen molar-refractivity contribution in [3.63, 3.8) is 0 Å². The maximum atomic E-state index is 12.4. The Bertz CT molecular complexity index is 1440. The lowest BCUT2D eigenvalue weighted by Gasteiger charge is -2.10. The second kappa shape index (κ2) is 8.96. The number of hydrogen-bond donors (Lipinski definition) is 3. The zero-order valence-corrected chi connectivity index (χ0v) is 19.4. The normalized spacial score (nSPS) is 10.7. The molecule has 3 N–H and O–H groups in total. The van der Waals surface area contributed by atoms with Gasteiger partial charge in [0.25, 0.3) is 11.6 Å². The van der Waals surface area contributed by atoms with E-state index in [-0.39, 0.29) is 22.1 Å². The van der Waals surface area contributed by atoms with Crippen LogP contribution in [0.3, 0.4) is 0 Å². The molecule has 0 aliphatic rings. The summed E-state index contributed by atoms with van der Waals surface area (Å²) in [5, 5.41) is 26.1. The van der Waals surface area contributed by atoms with Crippen molar-refractivity contribution < 1.29 is 19.2 Å². The highest BCUT2D eigenvalue weighted by Crippen LogP contribution is 2.31. The van der Waals surface area contributed by atoms with Gasteiger partial charge in [-0.15, -0.1) is 0 Å². The van der Waals surface area contributed by atoms with Crippen molar-refractivity contribution in [2.24, 2.45) is 0 Å². The predicted octanol–water partition coefficient (Wildman–Crippen LogP) is 5.31. The van der Waals surface area contributed by atoms with Gasteiger partial charge in [-0.2, -0.15) is 0 Å². The van der Waals surface area contributed by atoms with Crippen LogP contribution in [-0.4, -0.2) is 26.0 Å². The molecule has 0 fully saturated rings. The number of aromatic hydroxyl groups is 1. The maximum absolute atomic E-state index is 12.4. The van der Waals surface area contributed by atoms with E-state index >= 15 is 0 Å². The maximum Gasteiger partial charge on any atom is 0.272 e. The Morgan fingerprint density at radius 1 is 1.18 bits per heavy atom. The Morgan fingerprint density at radius 3 is 2.67 bits per heavy atom. The molecule has 0 saturated heterocycles. The quantitative estimate of drug-likeness (QED) is 0.185. The number of hydrogen-bond acceptors (Lipinski definition) is 7. The van der Waals surface area contributed by atoms with Gasteiger partial charge >= 0.3 is 0 Å². The van der Waals surface area contributed by atoms with E-state index in [4.69, 9.17) is 16.6 Å². The second-order valence-corrected chi connectivity index (χ2v) is 8.30. The van der Waals surface area contributed by atoms with Gasteiger partial charge in [-0.3, -0.25) is 20.2 Å². The molecule has 0 bridgehead atoms. The third kappa shape index (κ3) is 4.83. The van der Waals surface area contributed by atoms with Crippen LogP contribution < -0.4 is 10.6 Å². The number of nitro groups is 1. The summed E-state index contributed by atoms with van der Waals surface area (Å²) in [6, 6.07) is 14.2. The van der Waals surface area contributed by atoms with Crippen LogP contribution in [0.4, 0.5) is 11.4 Å². The minimum Gasteiger partial charge on any atom is -0.507 e. The van der Waals surface area contributed by atoms with Gasteiger partial charge in [-0.25, -0.2) is 4.98 Å². The number of aromatic nitrogens is 1. The van der Waals surface area contributed by atoms with Crippen molar-refractivity contribution in [1.29, 1.82) is 0 Å². The molecule has 0 aliphatic heterocycles. The van der Waals surface area contributed by atoms with Gasteiger partial charge in [-0.1, -0.05) is 0 Å². The van der Waals surface area contributed by atoms with Crippen molar-refractivity contribution in [3.8, 4) is 17.2 Å². The Kier molecular flexibility index (Phi) is 6.07. The van der Waals surface area contributed by atoms with Crippen LogP contribution in [-0.2, 0) is 0 Å². The molecule has 1 heterocycles. The molecule has 3 aromatic carbocycles. The molecular formula is C22H15BrN4O5S. The standard InChI is InChI=1S/C22H15BrN4O5S/c1-11-8-12(2-5-17(11)27(30)31)20(29)26-22(33)24-14-4-7-19-16(10-14)25-21(32-19)13-3-6-18(28)15(23)9-13/h2-10,28H,1H3,(H2,24,26,29,33). The molecule has 0 radical (unpaired) electrons. The van der Waals surface area contributed by atoms with Crippen LogP contribution in [0, 0.1) is 17.0 Å². The van der Waals surface area contributed by atoms with Gasteiger partial charge in [0, 0.05) is 28.4 Å². The van der Waals surface area contributed by atoms with Gasteiger partial charge in [0.2, 0.25) is 5.89 Å². The summed E-state index contributed by atoms with van der Waals surface area (Å²) in [4.78, 5) is 27.3. The molecule has 33 heavy (non-hydrogen) atoms. The number of carbonyl (C=O) groups is 1. The predicted molar refractivity (Wildman–Crippen MR) is 130 cm³/mol. The highest BCUT2D eigenvalue weighted by atomic mass is 79.9. The molecule has 1 amide bonds. The average Bonchev–Trinajstić information content (AvgIpc) is 3.18. The van der Waals surface area contributed by atoms with Crippen LogP contribution in [0.15, 0.2) is 63.5 Å². The van der Waals surface area contributed by atoms with Crippen molar-refractivity contribution in [1.82, 2.24) is 10.3 Å². The van der Waals surface area contributed by atoms with Crippen LogP contribution in [0.25, 0.3) is 22.6 Å². The number of anilines is 1. The SMILES string of the molecule is Cc1cc(C(=O)NC(=S)Nc2ccc3oc(-c4ccc(O)c(Br)c4)nc3c2)ccc1[N+](=O)[O-]. The number of nitrogens with one attached hydrogen (secondary N) is 2. The molecule has 4 rings (SSSR count). The molecule has 4 aromatic rings. The molecule has 0 unspecified atom stereocenters. The fraction of sp³-hybridized carbons (Fsp3) is 0.0455. The fourth-order valence-corrected chi connectivity index (χ4v) is 3.70. The molecule has 0 saturated carbocycles. The molecule has 0 aliphatic carbocycles. The number of fused-ring (bicyclic) bond motifs is 1. The molecular weight excluding hydrogens is 512 g/mol. The fourth-order valence-electron chi connectivity index (χ4n) is 3.11. The van der Waals surface area contributed by atoms with E-state index in [1.165, 1.54) is 24.3 Å². The minimum absolute atomic E-state index is 0.0570. The third-order valence-electron chi connectivity index (χ3n) is 4.72. The summed E-state index contributed by atoms with van der Waals surface area (Å²) in [5.74, 6) is 0.00118. The average molecular weight is 527 g/mol. The molecule has 11 heteroatoms. The number of halogens is 1. The van der Waals surface area contributed by atoms with Crippen LogP contribution in [0.2, 0.25) is 0 Å². The number of carbonyl (C=O) groups excluding carboxylic acids is 1. The van der Waals surface area contributed by atoms with E-state index in [1.807, 2.05) is 0 Å². The molecule has 1 aromatic heterocycles. The van der Waals surface area contributed by atoms with Crippen LogP contribution in [0.1, 0.15) is 15.9 Å². The number of amides is 1. The minimum atomic E-state index is -0.505. The first-order valence-electron chi connectivity index (χ1n) is 9.48. The number of phenolic OH excluding ortho intramolecular Hbond substituents is 1. The Labute approximate surface area is 200 Å². The summed E-state index contributed by atoms with van der Waals surface area (Å²) in [6.45, 7) is 1.56. The van der Waals surface area contributed by atoms with Gasteiger partial charge in [0.15, 0.2) is 10.7 Å². The third-order valence-corrected chi connectivity index (χ3v) is 5.56. The van der Waals surface area contributed by atoms with Gasteiger partial charge in [0.1, 0.15) is 11.3 Å². The molecule has 0 spiro atoms. The zero-order chi connectivity index (χ0) is 23.7.